The number of rotatable bonds is 0. The second-order valence-electron chi connectivity index (χ2n) is 2.29. The van der Waals surface area contributed by atoms with E-state index in [4.69, 9.17) is 0 Å². The minimum Gasteiger partial charge on any atom is -0.316 e. The van der Waals surface area contributed by atoms with Crippen LogP contribution in [-0.2, 0) is 0 Å². The number of piperidine rings is 1. The summed E-state index contributed by atoms with van der Waals surface area (Å²) in [6.07, 6.45) is 4.37. The first kappa shape index (κ1) is 6.60. The van der Waals surface area contributed by atoms with Gasteiger partial charge in [-0.15, -0.1) is 5.73 Å². The first-order valence-electron chi connectivity index (χ1n) is 3.53. The Morgan fingerprint density at radius 3 is 2.67 bits per heavy atom. The van der Waals surface area contributed by atoms with E-state index in [9.17, 15) is 0 Å². The van der Waals surface area contributed by atoms with Gasteiger partial charge in [0.25, 0.3) is 0 Å². The van der Waals surface area contributed by atoms with Crippen LogP contribution < -0.4 is 5.32 Å². The summed E-state index contributed by atoms with van der Waals surface area (Å²) >= 11 is 0. The average molecular weight is 123 g/mol. The molecule has 9 heavy (non-hydrogen) atoms. The maximum atomic E-state index is 3.30. The summed E-state index contributed by atoms with van der Waals surface area (Å²) < 4.78 is 0. The van der Waals surface area contributed by atoms with Crippen molar-refractivity contribution in [2.75, 3.05) is 13.1 Å². The fourth-order valence-electron chi connectivity index (χ4n) is 1.08. The first-order chi connectivity index (χ1) is 4.43. The zero-order chi connectivity index (χ0) is 6.53. The Labute approximate surface area is 56.5 Å². The van der Waals surface area contributed by atoms with E-state index in [-0.39, 0.29) is 0 Å². The fraction of sp³-hybridized carbons (Fsp3) is 0.625. The van der Waals surface area contributed by atoms with E-state index in [1.54, 1.807) is 0 Å². The molecule has 0 unspecified atom stereocenters. The van der Waals surface area contributed by atoms with E-state index < -0.39 is 0 Å². The van der Waals surface area contributed by atoms with Gasteiger partial charge in [0.2, 0.25) is 0 Å². The van der Waals surface area contributed by atoms with Crippen LogP contribution in [0.15, 0.2) is 17.4 Å². The third-order valence-electron chi connectivity index (χ3n) is 1.56. The van der Waals surface area contributed by atoms with Crippen molar-refractivity contribution in [3.05, 3.63) is 17.4 Å². The lowest BCUT2D eigenvalue weighted by Gasteiger charge is -2.12. The highest BCUT2D eigenvalue weighted by molar-refractivity contribution is 5.04. The molecule has 0 spiro atoms. The molecule has 1 aliphatic rings. The minimum absolute atomic E-state index is 1.14. The lowest BCUT2D eigenvalue weighted by Crippen LogP contribution is -2.22. The zero-order valence-corrected chi connectivity index (χ0v) is 5.91. The highest BCUT2D eigenvalue weighted by atomic mass is 14.9. The third kappa shape index (κ3) is 2.05. The van der Waals surface area contributed by atoms with Crippen molar-refractivity contribution >= 4 is 0 Å². The van der Waals surface area contributed by atoms with E-state index in [0.29, 0.717) is 0 Å². The van der Waals surface area contributed by atoms with Crippen LogP contribution in [0.3, 0.4) is 0 Å². The van der Waals surface area contributed by atoms with Gasteiger partial charge in [-0.25, -0.2) is 0 Å². The smallest absolute Gasteiger partial charge is 0.000533 e. The molecule has 1 heterocycles. The zero-order valence-electron chi connectivity index (χ0n) is 5.91. The standard InChI is InChI=1S/C8H13N/c1-2-3-8-4-6-9-7-5-8/h2,9H,4-7H2,1H3. The topological polar surface area (TPSA) is 12.0 Å². The van der Waals surface area contributed by atoms with E-state index in [2.05, 4.69) is 11.0 Å². The van der Waals surface area contributed by atoms with Crippen LogP contribution in [0, 0.1) is 0 Å². The van der Waals surface area contributed by atoms with Crippen LogP contribution in [0.5, 0.6) is 0 Å². The maximum Gasteiger partial charge on any atom is -0.000533 e. The van der Waals surface area contributed by atoms with E-state index in [0.717, 1.165) is 13.1 Å². The van der Waals surface area contributed by atoms with Crippen molar-refractivity contribution < 1.29 is 0 Å². The summed E-state index contributed by atoms with van der Waals surface area (Å²) in [6.45, 7) is 4.29. The summed E-state index contributed by atoms with van der Waals surface area (Å²) in [5, 5.41) is 3.30. The summed E-state index contributed by atoms with van der Waals surface area (Å²) in [7, 11) is 0. The molecule has 0 aromatic heterocycles. The van der Waals surface area contributed by atoms with Gasteiger partial charge >= 0.3 is 0 Å². The lowest BCUT2D eigenvalue weighted by atomic mass is 10.1. The molecule has 1 nitrogen and oxygen atoms in total. The lowest BCUT2D eigenvalue weighted by molar-refractivity contribution is 0.611. The van der Waals surface area contributed by atoms with Crippen LogP contribution in [0.1, 0.15) is 19.8 Å². The average Bonchev–Trinajstić information content (AvgIpc) is 1.91. The van der Waals surface area contributed by atoms with Crippen molar-refractivity contribution in [3.8, 4) is 0 Å². The highest BCUT2D eigenvalue weighted by Crippen LogP contribution is 2.06. The number of hydrogen-bond donors (Lipinski definition) is 1. The normalized spacial score (nSPS) is 19.0. The first-order valence-corrected chi connectivity index (χ1v) is 3.53. The predicted octanol–water partition coefficient (Wildman–Crippen LogP) is 1.47. The molecule has 1 N–H and O–H groups in total. The molecule has 0 aromatic rings. The quantitative estimate of drug-likeness (QED) is 0.481. The SMILES string of the molecule is CC=C=C1CCNCC1. The predicted molar refractivity (Wildman–Crippen MR) is 39.4 cm³/mol. The van der Waals surface area contributed by atoms with Gasteiger partial charge in [-0.05, 0) is 44.5 Å². The Morgan fingerprint density at radius 2 is 2.11 bits per heavy atom. The van der Waals surface area contributed by atoms with Crippen molar-refractivity contribution in [2.24, 2.45) is 0 Å². The molecule has 0 amide bonds. The van der Waals surface area contributed by atoms with Crippen LogP contribution in [0.4, 0.5) is 0 Å². The molecular formula is C8H13N. The number of nitrogens with one attached hydrogen (secondary N) is 1. The van der Waals surface area contributed by atoms with Gasteiger partial charge in [-0.1, -0.05) is 0 Å². The number of hydrogen-bond acceptors (Lipinski definition) is 1. The molecule has 1 fully saturated rings. The third-order valence-corrected chi connectivity index (χ3v) is 1.56. The largest absolute Gasteiger partial charge is 0.316 e. The monoisotopic (exact) mass is 123 g/mol. The summed E-state index contributed by atoms with van der Waals surface area (Å²) in [5.74, 6) is 0. The second-order valence-corrected chi connectivity index (χ2v) is 2.29. The highest BCUT2D eigenvalue weighted by Gasteiger charge is 2.01. The molecule has 1 rings (SSSR count). The minimum atomic E-state index is 1.14. The van der Waals surface area contributed by atoms with Crippen molar-refractivity contribution in [2.45, 2.75) is 19.8 Å². The molecule has 0 radical (unpaired) electrons. The molecule has 50 valence electrons. The Morgan fingerprint density at radius 1 is 1.44 bits per heavy atom. The van der Waals surface area contributed by atoms with E-state index >= 15 is 0 Å². The molecule has 0 bridgehead atoms. The van der Waals surface area contributed by atoms with Gasteiger partial charge < -0.3 is 5.32 Å². The van der Waals surface area contributed by atoms with Crippen molar-refractivity contribution in [1.29, 1.82) is 0 Å². The van der Waals surface area contributed by atoms with Crippen LogP contribution in [0.25, 0.3) is 0 Å². The van der Waals surface area contributed by atoms with Gasteiger partial charge in [0.1, 0.15) is 0 Å². The Hall–Kier alpha value is -0.520. The molecule has 1 aliphatic heterocycles. The Bertz CT molecular complexity index is 133. The van der Waals surface area contributed by atoms with Crippen molar-refractivity contribution in [1.82, 2.24) is 5.32 Å². The second kappa shape index (κ2) is 3.49. The molecule has 0 aromatic carbocycles. The molecule has 1 heteroatoms. The summed E-state index contributed by atoms with van der Waals surface area (Å²) in [4.78, 5) is 0. The maximum absolute atomic E-state index is 3.30. The van der Waals surface area contributed by atoms with Crippen LogP contribution in [0.2, 0.25) is 0 Å². The Kier molecular flexibility index (Phi) is 2.56. The molecular weight excluding hydrogens is 110 g/mol. The molecule has 0 aliphatic carbocycles. The van der Waals surface area contributed by atoms with Gasteiger partial charge in [-0.2, -0.15) is 0 Å². The van der Waals surface area contributed by atoms with Crippen LogP contribution >= 0.6 is 0 Å². The van der Waals surface area contributed by atoms with Crippen molar-refractivity contribution in [3.63, 3.8) is 0 Å². The molecule has 0 saturated carbocycles. The van der Waals surface area contributed by atoms with E-state index in [1.165, 1.54) is 18.4 Å². The molecule has 1 saturated heterocycles. The fourth-order valence-corrected chi connectivity index (χ4v) is 1.08. The Balaban J connectivity index is 2.49. The van der Waals surface area contributed by atoms with E-state index in [1.807, 2.05) is 13.0 Å². The van der Waals surface area contributed by atoms with Gasteiger partial charge in [0, 0.05) is 0 Å². The van der Waals surface area contributed by atoms with Crippen LogP contribution in [-0.4, -0.2) is 13.1 Å². The van der Waals surface area contributed by atoms with Gasteiger partial charge in [0.15, 0.2) is 0 Å². The summed E-state index contributed by atoms with van der Waals surface area (Å²) in [6, 6.07) is 0. The summed E-state index contributed by atoms with van der Waals surface area (Å²) in [5.41, 5.74) is 4.70. The van der Waals surface area contributed by atoms with Gasteiger partial charge in [-0.3, -0.25) is 0 Å². The molecule has 0 atom stereocenters. The van der Waals surface area contributed by atoms with Gasteiger partial charge in [0.05, 0.1) is 0 Å².